The summed E-state index contributed by atoms with van der Waals surface area (Å²) in [5.74, 6) is -0.309. The standard InChI is InChI=1S/C22H23BrFN5O/c1-13-20(23)21(14(2)28-5-7-30-8-6-28)27-22-18(12-26-29(13)22)16-9-15-10-17(24)3-4-19(15)25-11-16/h3-4,9-12,14,18,22H,5-8H2,1-2H3. The van der Waals surface area contributed by atoms with E-state index >= 15 is 0 Å². The van der Waals surface area contributed by atoms with E-state index in [0.717, 1.165) is 58.7 Å². The first-order valence-electron chi connectivity index (χ1n) is 10.2. The zero-order valence-corrected chi connectivity index (χ0v) is 18.5. The molecule has 0 spiro atoms. The lowest BCUT2D eigenvalue weighted by molar-refractivity contribution is 0.0316. The van der Waals surface area contributed by atoms with Gasteiger partial charge in [0.25, 0.3) is 0 Å². The molecule has 6 nitrogen and oxygen atoms in total. The number of ether oxygens (including phenoxy) is 1. The summed E-state index contributed by atoms with van der Waals surface area (Å²) in [7, 11) is 0. The van der Waals surface area contributed by atoms with Crippen LogP contribution in [-0.4, -0.2) is 65.3 Å². The molecule has 1 aromatic carbocycles. The topological polar surface area (TPSA) is 53.3 Å². The number of nitrogens with zero attached hydrogens (tertiary/aromatic N) is 5. The van der Waals surface area contributed by atoms with Crippen molar-refractivity contribution in [2.45, 2.75) is 32.0 Å². The van der Waals surface area contributed by atoms with E-state index in [1.807, 2.05) is 23.5 Å². The minimum absolute atomic E-state index is 0.0485. The largest absolute Gasteiger partial charge is 0.379 e. The summed E-state index contributed by atoms with van der Waals surface area (Å²) in [6, 6.07) is 6.83. The smallest absolute Gasteiger partial charge is 0.154 e. The molecular formula is C22H23BrFN5O. The molecule has 3 atom stereocenters. The van der Waals surface area contributed by atoms with Crippen molar-refractivity contribution in [3.05, 3.63) is 52.0 Å². The molecule has 3 aliphatic heterocycles. The third kappa shape index (κ3) is 3.36. The first-order valence-corrected chi connectivity index (χ1v) is 11.0. The van der Waals surface area contributed by atoms with Gasteiger partial charge in [-0.2, -0.15) is 5.10 Å². The fraction of sp³-hybridized carbons (Fsp3) is 0.409. The van der Waals surface area contributed by atoms with Crippen molar-refractivity contribution in [1.82, 2.24) is 14.9 Å². The number of hydrazone groups is 1. The first kappa shape index (κ1) is 19.8. The molecule has 3 unspecified atom stereocenters. The molecule has 0 aliphatic carbocycles. The number of aliphatic imine (C=N–C) groups is 1. The van der Waals surface area contributed by atoms with E-state index in [1.165, 1.54) is 12.1 Å². The van der Waals surface area contributed by atoms with Gasteiger partial charge in [0.2, 0.25) is 0 Å². The van der Waals surface area contributed by atoms with Crippen LogP contribution in [0.5, 0.6) is 0 Å². The Morgan fingerprint density at radius 3 is 2.83 bits per heavy atom. The van der Waals surface area contributed by atoms with Gasteiger partial charge in [0.05, 0.1) is 46.6 Å². The van der Waals surface area contributed by atoms with Gasteiger partial charge in [-0.3, -0.25) is 14.9 Å². The molecule has 5 rings (SSSR count). The summed E-state index contributed by atoms with van der Waals surface area (Å²) in [6.07, 6.45) is 3.60. The fourth-order valence-corrected chi connectivity index (χ4v) is 4.95. The van der Waals surface area contributed by atoms with Gasteiger partial charge in [-0.25, -0.2) is 9.40 Å². The Morgan fingerprint density at radius 1 is 1.23 bits per heavy atom. The number of morpholine rings is 1. The SMILES string of the molecule is CC1=C(Br)C(C(C)N2CCOCC2)=NC2C(c3cnc4ccc(F)cc4c3)C=NN12. The summed E-state index contributed by atoms with van der Waals surface area (Å²) in [4.78, 5) is 12.1. The number of pyridine rings is 1. The summed E-state index contributed by atoms with van der Waals surface area (Å²) >= 11 is 3.76. The second-order valence-corrected chi connectivity index (χ2v) is 8.69. The number of allylic oxidation sites excluding steroid dienone is 1. The number of fused-ring (bicyclic) bond motifs is 2. The summed E-state index contributed by atoms with van der Waals surface area (Å²) in [6.45, 7) is 7.55. The van der Waals surface area contributed by atoms with Gasteiger partial charge in [0.1, 0.15) is 5.82 Å². The molecule has 156 valence electrons. The maximum Gasteiger partial charge on any atom is 0.154 e. The first-order chi connectivity index (χ1) is 14.5. The minimum Gasteiger partial charge on any atom is -0.379 e. The van der Waals surface area contributed by atoms with E-state index < -0.39 is 0 Å². The number of halogens is 2. The normalized spacial score (nSPS) is 25.6. The molecule has 0 saturated carbocycles. The molecule has 2 aromatic rings. The van der Waals surface area contributed by atoms with Crippen LogP contribution in [-0.2, 0) is 4.74 Å². The van der Waals surface area contributed by atoms with Crippen molar-refractivity contribution in [1.29, 1.82) is 0 Å². The number of benzene rings is 1. The molecule has 8 heteroatoms. The molecule has 0 bridgehead atoms. The van der Waals surface area contributed by atoms with Crippen LogP contribution in [0.15, 0.2) is 50.7 Å². The van der Waals surface area contributed by atoms with Gasteiger partial charge < -0.3 is 4.74 Å². The van der Waals surface area contributed by atoms with Crippen LogP contribution in [0, 0.1) is 5.82 Å². The second-order valence-electron chi connectivity index (χ2n) is 7.89. The van der Waals surface area contributed by atoms with Gasteiger partial charge in [0.15, 0.2) is 6.17 Å². The molecular weight excluding hydrogens is 449 g/mol. The molecule has 0 N–H and O–H groups in total. The van der Waals surface area contributed by atoms with E-state index in [2.05, 4.69) is 44.8 Å². The number of hydrogen-bond donors (Lipinski definition) is 0. The highest BCUT2D eigenvalue weighted by Crippen LogP contribution is 2.38. The lowest BCUT2D eigenvalue weighted by Crippen LogP contribution is -2.48. The van der Waals surface area contributed by atoms with E-state index in [4.69, 9.17) is 9.73 Å². The second kappa shape index (κ2) is 7.83. The monoisotopic (exact) mass is 471 g/mol. The van der Waals surface area contributed by atoms with Crippen molar-refractivity contribution >= 4 is 38.8 Å². The third-order valence-corrected chi connectivity index (χ3v) is 7.10. The van der Waals surface area contributed by atoms with Crippen LogP contribution in [0.4, 0.5) is 4.39 Å². The van der Waals surface area contributed by atoms with Crippen molar-refractivity contribution in [2.75, 3.05) is 26.3 Å². The maximum absolute atomic E-state index is 13.7. The van der Waals surface area contributed by atoms with E-state index in [1.54, 1.807) is 6.07 Å². The van der Waals surface area contributed by atoms with Crippen molar-refractivity contribution in [2.24, 2.45) is 10.1 Å². The van der Waals surface area contributed by atoms with Crippen LogP contribution in [0.2, 0.25) is 0 Å². The Balaban J connectivity index is 1.49. The molecule has 3 aliphatic rings. The highest BCUT2D eigenvalue weighted by Gasteiger charge is 2.39. The fourth-order valence-electron chi connectivity index (χ4n) is 4.34. The highest BCUT2D eigenvalue weighted by molar-refractivity contribution is 9.12. The van der Waals surface area contributed by atoms with Gasteiger partial charge in [0, 0.05) is 30.9 Å². The average molecular weight is 472 g/mol. The Morgan fingerprint density at radius 2 is 2.03 bits per heavy atom. The molecule has 1 fully saturated rings. The number of rotatable bonds is 3. The van der Waals surface area contributed by atoms with Crippen LogP contribution >= 0.6 is 15.9 Å². The molecule has 4 heterocycles. The Kier molecular flexibility index (Phi) is 5.16. The predicted octanol–water partition coefficient (Wildman–Crippen LogP) is 3.89. The Labute approximate surface area is 183 Å². The maximum atomic E-state index is 13.7. The lowest BCUT2D eigenvalue weighted by atomic mass is 9.96. The van der Waals surface area contributed by atoms with Gasteiger partial charge in [-0.1, -0.05) is 0 Å². The molecule has 0 amide bonds. The van der Waals surface area contributed by atoms with E-state index in [0.29, 0.717) is 0 Å². The molecule has 1 aromatic heterocycles. The van der Waals surface area contributed by atoms with Crippen LogP contribution in [0.1, 0.15) is 25.3 Å². The lowest BCUT2D eigenvalue weighted by Gasteiger charge is -2.37. The molecule has 1 saturated heterocycles. The van der Waals surface area contributed by atoms with Crippen LogP contribution in [0.25, 0.3) is 10.9 Å². The van der Waals surface area contributed by atoms with Crippen LogP contribution in [0.3, 0.4) is 0 Å². The van der Waals surface area contributed by atoms with Crippen molar-refractivity contribution in [3.8, 4) is 0 Å². The average Bonchev–Trinajstić information content (AvgIpc) is 3.20. The Hall–Kier alpha value is -2.16. The zero-order valence-electron chi connectivity index (χ0n) is 16.9. The van der Waals surface area contributed by atoms with E-state index in [-0.39, 0.29) is 23.9 Å². The number of hydrogen-bond acceptors (Lipinski definition) is 6. The van der Waals surface area contributed by atoms with Gasteiger partial charge in [-0.15, -0.1) is 0 Å². The summed E-state index contributed by atoms with van der Waals surface area (Å²) in [5, 5.41) is 7.37. The predicted molar refractivity (Wildman–Crippen MR) is 119 cm³/mol. The quantitative estimate of drug-likeness (QED) is 0.681. The zero-order chi connectivity index (χ0) is 20.8. The van der Waals surface area contributed by atoms with Gasteiger partial charge in [-0.05, 0) is 59.6 Å². The Bertz CT molecular complexity index is 1080. The van der Waals surface area contributed by atoms with Gasteiger partial charge >= 0.3 is 0 Å². The summed E-state index contributed by atoms with van der Waals surface area (Å²) in [5.41, 5.74) is 3.84. The third-order valence-electron chi connectivity index (χ3n) is 6.12. The number of aromatic nitrogens is 1. The molecule has 0 radical (unpaired) electrons. The van der Waals surface area contributed by atoms with Crippen molar-refractivity contribution < 1.29 is 9.13 Å². The highest BCUT2D eigenvalue weighted by atomic mass is 79.9. The van der Waals surface area contributed by atoms with Crippen LogP contribution < -0.4 is 0 Å². The van der Waals surface area contributed by atoms with Crippen molar-refractivity contribution in [3.63, 3.8) is 0 Å². The summed E-state index contributed by atoms with van der Waals surface area (Å²) < 4.78 is 20.2. The minimum atomic E-state index is -0.261. The van der Waals surface area contributed by atoms with E-state index in [9.17, 15) is 4.39 Å². The molecule has 30 heavy (non-hydrogen) atoms.